The first-order valence-corrected chi connectivity index (χ1v) is 7.28. The molecule has 0 heterocycles. The predicted octanol–water partition coefficient (Wildman–Crippen LogP) is 2.81. The zero-order valence-electron chi connectivity index (χ0n) is 11.7. The van der Waals surface area contributed by atoms with Gasteiger partial charge in [-0.25, -0.2) is 0 Å². The topological polar surface area (TPSA) is 38.0 Å². The molecule has 0 aliphatic heterocycles. The molecule has 1 aromatic rings. The molecule has 18 heavy (non-hydrogen) atoms. The number of nitrogens with one attached hydrogen (secondary N) is 1. The zero-order valence-corrected chi connectivity index (χ0v) is 11.7. The van der Waals surface area contributed by atoms with Crippen LogP contribution >= 0.6 is 0 Å². The Hall–Kier alpha value is -0.860. The fourth-order valence-electron chi connectivity index (χ4n) is 3.02. The number of aryl methyl sites for hydroxylation is 2. The molecule has 0 saturated heterocycles. The molecule has 1 aliphatic carbocycles. The minimum Gasteiger partial charge on any atom is -0.324 e. The van der Waals surface area contributed by atoms with Crippen molar-refractivity contribution >= 4 is 0 Å². The Labute approximate surface area is 111 Å². The van der Waals surface area contributed by atoms with E-state index in [1.807, 2.05) is 7.05 Å². The molecule has 3 N–H and O–H groups in total. The Bertz CT molecular complexity index is 387. The van der Waals surface area contributed by atoms with E-state index in [2.05, 4.69) is 30.4 Å². The van der Waals surface area contributed by atoms with Crippen molar-refractivity contribution < 1.29 is 0 Å². The summed E-state index contributed by atoms with van der Waals surface area (Å²) in [7, 11) is 2.00. The highest BCUT2D eigenvalue weighted by Gasteiger charge is 2.19. The van der Waals surface area contributed by atoms with Gasteiger partial charge in [-0.3, -0.25) is 0 Å². The van der Waals surface area contributed by atoms with Crippen molar-refractivity contribution in [2.45, 2.75) is 45.1 Å². The minimum absolute atomic E-state index is 0.162. The van der Waals surface area contributed by atoms with Crippen LogP contribution in [0.15, 0.2) is 18.2 Å². The van der Waals surface area contributed by atoms with E-state index < -0.39 is 0 Å². The largest absolute Gasteiger partial charge is 0.324 e. The smallest absolute Gasteiger partial charge is 0.0335 e. The summed E-state index contributed by atoms with van der Waals surface area (Å²) in [6.45, 7) is 3.22. The second-order valence-corrected chi connectivity index (χ2v) is 5.49. The van der Waals surface area contributed by atoms with Crippen LogP contribution in [0.1, 0.15) is 48.9 Å². The molecule has 100 valence electrons. The lowest BCUT2D eigenvalue weighted by molar-refractivity contribution is 0.403. The van der Waals surface area contributed by atoms with E-state index in [1.165, 1.54) is 36.8 Å². The van der Waals surface area contributed by atoms with Gasteiger partial charge < -0.3 is 11.1 Å². The highest BCUT2D eigenvalue weighted by atomic mass is 14.8. The molecule has 2 atom stereocenters. The second kappa shape index (κ2) is 6.35. The van der Waals surface area contributed by atoms with Crippen molar-refractivity contribution in [3.05, 3.63) is 34.9 Å². The van der Waals surface area contributed by atoms with Gasteiger partial charge in [0.05, 0.1) is 0 Å². The van der Waals surface area contributed by atoms with Crippen molar-refractivity contribution in [1.82, 2.24) is 5.32 Å². The SMILES string of the molecule is CCC(CNC)C(N)c1ccc2c(c1)CCCC2. The van der Waals surface area contributed by atoms with Crippen LogP contribution in [0.3, 0.4) is 0 Å². The Kier molecular flexibility index (Phi) is 4.79. The molecule has 0 bridgehead atoms. The van der Waals surface area contributed by atoms with E-state index >= 15 is 0 Å². The summed E-state index contributed by atoms with van der Waals surface area (Å²) in [6, 6.07) is 7.06. The molecule has 2 nitrogen and oxygen atoms in total. The predicted molar refractivity (Wildman–Crippen MR) is 77.7 cm³/mol. The molecule has 0 radical (unpaired) electrons. The van der Waals surface area contributed by atoms with E-state index in [4.69, 9.17) is 5.73 Å². The lowest BCUT2D eigenvalue weighted by atomic mass is 9.86. The third-order valence-corrected chi connectivity index (χ3v) is 4.26. The van der Waals surface area contributed by atoms with Gasteiger partial charge >= 0.3 is 0 Å². The molecular formula is C16H26N2. The number of nitrogens with two attached hydrogens (primary N) is 1. The van der Waals surface area contributed by atoms with Gasteiger partial charge in [-0.05, 0) is 61.9 Å². The normalized spacial score (nSPS) is 18.2. The van der Waals surface area contributed by atoms with Gasteiger partial charge in [-0.1, -0.05) is 31.5 Å². The highest BCUT2D eigenvalue weighted by molar-refractivity contribution is 5.35. The number of rotatable bonds is 5. The number of hydrogen-bond acceptors (Lipinski definition) is 2. The first kappa shape index (κ1) is 13.6. The lowest BCUT2D eigenvalue weighted by Crippen LogP contribution is -2.29. The summed E-state index contributed by atoms with van der Waals surface area (Å²) in [5.74, 6) is 0.525. The number of hydrogen-bond donors (Lipinski definition) is 2. The Morgan fingerprint density at radius 1 is 1.22 bits per heavy atom. The van der Waals surface area contributed by atoms with Crippen LogP contribution in [0.4, 0.5) is 0 Å². The van der Waals surface area contributed by atoms with Crippen molar-refractivity contribution in [1.29, 1.82) is 0 Å². The van der Waals surface area contributed by atoms with E-state index in [9.17, 15) is 0 Å². The molecule has 0 spiro atoms. The van der Waals surface area contributed by atoms with Crippen LogP contribution in [-0.4, -0.2) is 13.6 Å². The van der Waals surface area contributed by atoms with Gasteiger partial charge in [-0.15, -0.1) is 0 Å². The average molecular weight is 246 g/mol. The van der Waals surface area contributed by atoms with Crippen molar-refractivity contribution in [3.8, 4) is 0 Å². The summed E-state index contributed by atoms with van der Waals surface area (Å²) in [4.78, 5) is 0. The van der Waals surface area contributed by atoms with Crippen LogP contribution in [0.5, 0.6) is 0 Å². The molecule has 1 aromatic carbocycles. The lowest BCUT2D eigenvalue weighted by Gasteiger charge is -2.25. The number of fused-ring (bicyclic) bond motifs is 1. The van der Waals surface area contributed by atoms with Crippen LogP contribution in [-0.2, 0) is 12.8 Å². The minimum atomic E-state index is 0.162. The number of benzene rings is 1. The third kappa shape index (κ3) is 2.93. The Morgan fingerprint density at radius 2 is 1.94 bits per heavy atom. The summed E-state index contributed by atoms with van der Waals surface area (Å²) in [6.07, 6.45) is 6.28. The monoisotopic (exact) mass is 246 g/mol. The summed E-state index contributed by atoms with van der Waals surface area (Å²) in [5.41, 5.74) is 10.8. The van der Waals surface area contributed by atoms with E-state index in [-0.39, 0.29) is 6.04 Å². The van der Waals surface area contributed by atoms with Crippen LogP contribution in [0, 0.1) is 5.92 Å². The van der Waals surface area contributed by atoms with Crippen LogP contribution < -0.4 is 11.1 Å². The molecule has 0 saturated carbocycles. The molecule has 2 unspecified atom stereocenters. The molecule has 0 fully saturated rings. The summed E-state index contributed by atoms with van der Waals surface area (Å²) in [5, 5.41) is 3.25. The van der Waals surface area contributed by atoms with Gasteiger partial charge in [0.1, 0.15) is 0 Å². The molecule has 2 heteroatoms. The molecule has 2 rings (SSSR count). The second-order valence-electron chi connectivity index (χ2n) is 5.49. The highest BCUT2D eigenvalue weighted by Crippen LogP contribution is 2.27. The van der Waals surface area contributed by atoms with E-state index in [0.717, 1.165) is 13.0 Å². The van der Waals surface area contributed by atoms with Crippen molar-refractivity contribution in [2.24, 2.45) is 11.7 Å². The van der Waals surface area contributed by atoms with E-state index in [0.29, 0.717) is 5.92 Å². The third-order valence-electron chi connectivity index (χ3n) is 4.26. The van der Waals surface area contributed by atoms with Gasteiger partial charge in [0.25, 0.3) is 0 Å². The van der Waals surface area contributed by atoms with Gasteiger partial charge in [0.2, 0.25) is 0 Å². The molecule has 1 aliphatic rings. The first-order chi connectivity index (χ1) is 8.76. The maximum Gasteiger partial charge on any atom is 0.0335 e. The van der Waals surface area contributed by atoms with E-state index in [1.54, 1.807) is 5.56 Å². The van der Waals surface area contributed by atoms with Crippen LogP contribution in [0.25, 0.3) is 0 Å². The first-order valence-electron chi connectivity index (χ1n) is 7.28. The molecule has 0 aromatic heterocycles. The average Bonchev–Trinajstić information content (AvgIpc) is 2.43. The maximum atomic E-state index is 6.43. The van der Waals surface area contributed by atoms with Gasteiger partial charge in [-0.2, -0.15) is 0 Å². The van der Waals surface area contributed by atoms with Crippen molar-refractivity contribution in [3.63, 3.8) is 0 Å². The fraction of sp³-hybridized carbons (Fsp3) is 0.625. The summed E-state index contributed by atoms with van der Waals surface area (Å²) >= 11 is 0. The molecular weight excluding hydrogens is 220 g/mol. The zero-order chi connectivity index (χ0) is 13.0. The standard InChI is InChI=1S/C16H26N2/c1-3-12(11-18-2)16(17)15-9-8-13-6-4-5-7-14(13)10-15/h8-10,12,16,18H,3-7,11,17H2,1-2H3. The summed E-state index contributed by atoms with van der Waals surface area (Å²) < 4.78 is 0. The Balaban J connectivity index is 2.17. The van der Waals surface area contributed by atoms with Gasteiger partial charge in [0, 0.05) is 6.04 Å². The van der Waals surface area contributed by atoms with Gasteiger partial charge in [0.15, 0.2) is 0 Å². The van der Waals surface area contributed by atoms with Crippen molar-refractivity contribution in [2.75, 3.05) is 13.6 Å². The Morgan fingerprint density at radius 3 is 2.61 bits per heavy atom. The molecule has 0 amide bonds. The fourth-order valence-corrected chi connectivity index (χ4v) is 3.02. The maximum absolute atomic E-state index is 6.43. The quantitative estimate of drug-likeness (QED) is 0.838. The van der Waals surface area contributed by atoms with Crippen LogP contribution in [0.2, 0.25) is 0 Å².